The van der Waals surface area contributed by atoms with Crippen molar-refractivity contribution in [3.05, 3.63) is 55.9 Å². The van der Waals surface area contributed by atoms with Gasteiger partial charge in [-0.2, -0.15) is 0 Å². The summed E-state index contributed by atoms with van der Waals surface area (Å²) in [5.41, 5.74) is 1.76. The molecule has 0 bridgehead atoms. The largest absolute Gasteiger partial charge is 0.487 e. The van der Waals surface area contributed by atoms with Gasteiger partial charge in [-0.25, -0.2) is 9.78 Å². The number of carbonyl (C=O) groups is 1. The lowest BCUT2D eigenvalue weighted by Crippen LogP contribution is -2.06. The molecule has 0 N–H and O–H groups in total. The average molecular weight is 382 g/mol. The molecule has 0 saturated heterocycles. The number of hydrogen-bond donors (Lipinski definition) is 0. The SMILES string of the molecule is Cc1nc(COc2ccc(C(=O)OCc3nnsc3Cl)cc2)cs1. The summed E-state index contributed by atoms with van der Waals surface area (Å²) in [5, 5.41) is 6.74. The number of aromatic nitrogens is 3. The van der Waals surface area contributed by atoms with E-state index >= 15 is 0 Å². The van der Waals surface area contributed by atoms with Crippen molar-refractivity contribution >= 4 is 40.4 Å². The van der Waals surface area contributed by atoms with Crippen molar-refractivity contribution in [2.24, 2.45) is 0 Å². The third-order valence-electron chi connectivity index (χ3n) is 2.99. The second kappa shape index (κ2) is 7.69. The minimum atomic E-state index is -0.458. The van der Waals surface area contributed by atoms with Gasteiger partial charge in [-0.05, 0) is 31.2 Å². The van der Waals surface area contributed by atoms with E-state index in [2.05, 4.69) is 14.6 Å². The van der Waals surface area contributed by atoms with Crippen molar-refractivity contribution in [2.45, 2.75) is 20.1 Å². The van der Waals surface area contributed by atoms with Crippen molar-refractivity contribution in [2.75, 3.05) is 0 Å². The van der Waals surface area contributed by atoms with Gasteiger partial charge in [0.2, 0.25) is 0 Å². The number of hydrogen-bond acceptors (Lipinski definition) is 8. The van der Waals surface area contributed by atoms with Crippen molar-refractivity contribution in [1.82, 2.24) is 14.6 Å². The summed E-state index contributed by atoms with van der Waals surface area (Å²) < 4.78 is 14.9. The van der Waals surface area contributed by atoms with Gasteiger partial charge in [0.05, 0.1) is 16.3 Å². The Labute approximate surface area is 151 Å². The summed E-state index contributed by atoms with van der Waals surface area (Å²) in [6, 6.07) is 6.72. The van der Waals surface area contributed by atoms with Crippen LogP contribution in [0, 0.1) is 6.92 Å². The number of aryl methyl sites for hydroxylation is 1. The third kappa shape index (κ3) is 4.28. The van der Waals surface area contributed by atoms with Crippen LogP contribution in [-0.4, -0.2) is 20.5 Å². The van der Waals surface area contributed by atoms with Crippen molar-refractivity contribution in [1.29, 1.82) is 0 Å². The van der Waals surface area contributed by atoms with Gasteiger partial charge in [-0.1, -0.05) is 16.1 Å². The van der Waals surface area contributed by atoms with E-state index in [0.717, 1.165) is 22.2 Å². The number of rotatable bonds is 6. The number of nitrogens with zero attached hydrogens (tertiary/aromatic N) is 3. The second-order valence-corrected chi connectivity index (χ2v) is 7.16. The lowest BCUT2D eigenvalue weighted by Gasteiger charge is -2.06. The molecule has 2 aromatic heterocycles. The number of benzene rings is 1. The first-order valence-corrected chi connectivity index (χ1v) is 8.92. The zero-order valence-corrected chi connectivity index (χ0v) is 15.0. The third-order valence-corrected chi connectivity index (χ3v) is 4.80. The van der Waals surface area contributed by atoms with E-state index < -0.39 is 5.97 Å². The van der Waals surface area contributed by atoms with E-state index in [9.17, 15) is 4.79 Å². The highest BCUT2D eigenvalue weighted by atomic mass is 35.5. The van der Waals surface area contributed by atoms with Crippen molar-refractivity contribution < 1.29 is 14.3 Å². The van der Waals surface area contributed by atoms with Gasteiger partial charge in [-0.3, -0.25) is 0 Å². The van der Waals surface area contributed by atoms with E-state index in [1.54, 1.807) is 35.6 Å². The van der Waals surface area contributed by atoms with Gasteiger partial charge in [-0.15, -0.1) is 16.4 Å². The normalized spacial score (nSPS) is 10.6. The molecule has 0 spiro atoms. The van der Waals surface area contributed by atoms with Gasteiger partial charge in [0.15, 0.2) is 0 Å². The minimum Gasteiger partial charge on any atom is -0.487 e. The lowest BCUT2D eigenvalue weighted by atomic mass is 10.2. The molecule has 0 aliphatic rings. The van der Waals surface area contributed by atoms with Crippen LogP contribution in [0.5, 0.6) is 5.75 Å². The number of carbonyl (C=O) groups excluding carboxylic acids is 1. The molecule has 3 rings (SSSR count). The summed E-state index contributed by atoms with van der Waals surface area (Å²) in [6.45, 7) is 2.34. The van der Waals surface area contributed by atoms with Gasteiger partial charge in [0, 0.05) is 16.9 Å². The van der Waals surface area contributed by atoms with Crippen LogP contribution in [0.25, 0.3) is 0 Å². The molecule has 2 heterocycles. The van der Waals surface area contributed by atoms with E-state index in [4.69, 9.17) is 21.1 Å². The van der Waals surface area contributed by atoms with Crippen LogP contribution in [0.1, 0.15) is 26.8 Å². The Bertz CT molecular complexity index is 833. The molecule has 0 fully saturated rings. The quantitative estimate of drug-likeness (QED) is 0.603. The maximum Gasteiger partial charge on any atom is 0.338 e. The van der Waals surface area contributed by atoms with E-state index in [1.165, 1.54) is 0 Å². The predicted octanol–water partition coefficient (Wildman–Crippen LogP) is 3.89. The maximum absolute atomic E-state index is 12.0. The molecule has 1 aromatic carbocycles. The van der Waals surface area contributed by atoms with Crippen LogP contribution in [0.3, 0.4) is 0 Å². The fraction of sp³-hybridized carbons (Fsp3) is 0.200. The van der Waals surface area contributed by atoms with Crippen molar-refractivity contribution in [3.63, 3.8) is 0 Å². The van der Waals surface area contributed by atoms with Crippen LogP contribution < -0.4 is 4.74 Å². The van der Waals surface area contributed by atoms with Gasteiger partial charge < -0.3 is 9.47 Å². The Kier molecular flexibility index (Phi) is 5.39. The van der Waals surface area contributed by atoms with Gasteiger partial charge >= 0.3 is 5.97 Å². The smallest absolute Gasteiger partial charge is 0.338 e. The summed E-state index contributed by atoms with van der Waals surface area (Å²) in [6.07, 6.45) is 0. The van der Waals surface area contributed by atoms with Crippen molar-refractivity contribution in [3.8, 4) is 5.75 Å². The Hall–Kier alpha value is -2.03. The number of esters is 1. The van der Waals surface area contributed by atoms with Gasteiger partial charge in [0.1, 0.15) is 29.0 Å². The Morgan fingerprint density at radius 2 is 2.04 bits per heavy atom. The minimum absolute atomic E-state index is 0.00437. The molecule has 0 amide bonds. The predicted molar refractivity (Wildman–Crippen MR) is 91.7 cm³/mol. The molecule has 0 aliphatic heterocycles. The summed E-state index contributed by atoms with van der Waals surface area (Å²) in [5.74, 6) is 0.199. The zero-order chi connectivity index (χ0) is 16.9. The highest BCUT2D eigenvalue weighted by molar-refractivity contribution is 7.10. The molecule has 0 saturated carbocycles. The maximum atomic E-state index is 12.0. The number of halogens is 1. The van der Waals surface area contributed by atoms with Crippen LogP contribution in [0.4, 0.5) is 0 Å². The molecule has 3 aromatic rings. The molecule has 0 aliphatic carbocycles. The topological polar surface area (TPSA) is 74.2 Å². The molecule has 6 nitrogen and oxygen atoms in total. The molecule has 0 atom stereocenters. The zero-order valence-electron chi connectivity index (χ0n) is 12.6. The first kappa shape index (κ1) is 16.8. The molecule has 9 heteroatoms. The van der Waals surface area contributed by atoms with E-state index in [-0.39, 0.29) is 6.61 Å². The molecule has 124 valence electrons. The molecular formula is C15H12ClN3O3S2. The molecular weight excluding hydrogens is 370 g/mol. The highest BCUT2D eigenvalue weighted by Gasteiger charge is 2.11. The second-order valence-electron chi connectivity index (χ2n) is 4.74. The van der Waals surface area contributed by atoms with E-state index in [1.807, 2.05) is 12.3 Å². The fourth-order valence-corrected chi connectivity index (χ4v) is 3.02. The highest BCUT2D eigenvalue weighted by Crippen LogP contribution is 2.19. The van der Waals surface area contributed by atoms with Gasteiger partial charge in [0.25, 0.3) is 0 Å². The fourth-order valence-electron chi connectivity index (χ4n) is 1.82. The summed E-state index contributed by atoms with van der Waals surface area (Å²) >= 11 is 8.49. The Morgan fingerprint density at radius 1 is 1.25 bits per heavy atom. The lowest BCUT2D eigenvalue weighted by molar-refractivity contribution is 0.0468. The standard InChI is InChI=1S/C15H12ClN3O3S2/c1-9-17-11(8-23-9)6-21-12-4-2-10(3-5-12)15(20)22-7-13-14(16)24-19-18-13/h2-5,8H,6-7H2,1H3. The van der Waals surface area contributed by atoms with Crippen LogP contribution in [0.2, 0.25) is 4.34 Å². The Morgan fingerprint density at radius 3 is 2.67 bits per heavy atom. The van der Waals surface area contributed by atoms with Crippen LogP contribution in [0.15, 0.2) is 29.6 Å². The monoisotopic (exact) mass is 381 g/mol. The first-order chi connectivity index (χ1) is 11.6. The number of ether oxygens (including phenoxy) is 2. The van der Waals surface area contributed by atoms with Crippen LogP contribution in [-0.2, 0) is 18.0 Å². The summed E-state index contributed by atoms with van der Waals surface area (Å²) in [4.78, 5) is 16.3. The average Bonchev–Trinajstić information content (AvgIpc) is 3.19. The molecule has 24 heavy (non-hydrogen) atoms. The number of thiazole rings is 1. The van der Waals surface area contributed by atoms with E-state index in [0.29, 0.717) is 28.0 Å². The Balaban J connectivity index is 1.53. The molecule has 0 radical (unpaired) electrons. The first-order valence-electron chi connectivity index (χ1n) is 6.89. The molecule has 0 unspecified atom stereocenters. The van der Waals surface area contributed by atoms with Crippen LogP contribution >= 0.6 is 34.5 Å². The summed E-state index contributed by atoms with van der Waals surface area (Å²) in [7, 11) is 0.